The molecule has 0 spiro atoms. The number of fused-ring (bicyclic) bond motifs is 1. The summed E-state index contributed by atoms with van der Waals surface area (Å²) in [5.41, 5.74) is 0.0162. The van der Waals surface area contributed by atoms with E-state index in [4.69, 9.17) is 0 Å². The zero-order valence-electron chi connectivity index (χ0n) is 23.4. The summed E-state index contributed by atoms with van der Waals surface area (Å²) in [7, 11) is 1.67. The van der Waals surface area contributed by atoms with Gasteiger partial charge in [0.25, 0.3) is 0 Å². The molecule has 0 radical (unpaired) electrons. The van der Waals surface area contributed by atoms with Gasteiger partial charge in [-0.1, -0.05) is 0 Å². The molecule has 2 fully saturated rings. The summed E-state index contributed by atoms with van der Waals surface area (Å²) in [6.45, 7) is 2.94. The number of rotatable bonds is 8. The number of aromatic hydroxyl groups is 1. The summed E-state index contributed by atoms with van der Waals surface area (Å²) in [5.74, 6) is -3.05. The number of hydrogen-bond acceptors (Lipinski definition) is 7. The van der Waals surface area contributed by atoms with Gasteiger partial charge in [0.15, 0.2) is 5.75 Å². The number of hydrogen-bond donors (Lipinski definition) is 3. The predicted molar refractivity (Wildman–Crippen MR) is 151 cm³/mol. The molecule has 0 atom stereocenters. The van der Waals surface area contributed by atoms with E-state index in [1.54, 1.807) is 39.0 Å². The number of benzene rings is 1. The number of aromatic carboxylic acids is 1. The zero-order valence-corrected chi connectivity index (χ0v) is 23.4. The number of nitrogens with zero attached hydrogens (tertiary/aromatic N) is 4. The van der Waals surface area contributed by atoms with Crippen LogP contribution in [0.2, 0.25) is 0 Å². The van der Waals surface area contributed by atoms with Gasteiger partial charge in [-0.2, -0.15) is 0 Å². The molecule has 1 saturated heterocycles. The fourth-order valence-electron chi connectivity index (χ4n) is 5.33. The number of carboxylic acids is 1. The van der Waals surface area contributed by atoms with Crippen LogP contribution in [0, 0.1) is 12.7 Å². The van der Waals surface area contributed by atoms with Crippen LogP contribution in [0.3, 0.4) is 0 Å². The van der Waals surface area contributed by atoms with Gasteiger partial charge in [0, 0.05) is 75.5 Å². The van der Waals surface area contributed by atoms with Crippen LogP contribution in [-0.2, 0) is 23.2 Å². The van der Waals surface area contributed by atoms with Gasteiger partial charge in [-0.15, -0.1) is 0 Å². The number of carboxylic acid groups (broad SMARTS) is 1. The van der Waals surface area contributed by atoms with Crippen molar-refractivity contribution in [3.63, 3.8) is 0 Å². The molecule has 1 aliphatic heterocycles. The van der Waals surface area contributed by atoms with Gasteiger partial charge in [-0.05, 0) is 31.9 Å². The molecule has 12 nitrogen and oxygen atoms in total. The number of halogens is 1. The smallest absolute Gasteiger partial charge is 0.341 e. The molecule has 3 heterocycles. The molecule has 1 aliphatic carbocycles. The molecule has 1 aromatic carbocycles. The quantitative estimate of drug-likeness (QED) is 0.363. The molecule has 3 N–H and O–H groups in total. The first kappa shape index (κ1) is 28.8. The summed E-state index contributed by atoms with van der Waals surface area (Å²) >= 11 is 0. The Morgan fingerprint density at radius 3 is 2.38 bits per heavy atom. The molecule has 42 heavy (non-hydrogen) atoms. The Morgan fingerprint density at radius 2 is 1.74 bits per heavy atom. The first-order chi connectivity index (χ1) is 20.0. The van der Waals surface area contributed by atoms with E-state index in [9.17, 15) is 34.2 Å². The predicted octanol–water partition coefficient (Wildman–Crippen LogP) is 1.63. The summed E-state index contributed by atoms with van der Waals surface area (Å²) in [6.07, 6.45) is 2.92. The first-order valence-corrected chi connectivity index (χ1v) is 13.8. The lowest BCUT2D eigenvalue weighted by Gasteiger charge is -2.36. The largest absolute Gasteiger partial charge is 0.503 e. The Bertz CT molecular complexity index is 1720. The third-order valence-corrected chi connectivity index (χ3v) is 8.04. The van der Waals surface area contributed by atoms with Crippen LogP contribution in [0.1, 0.15) is 53.5 Å². The van der Waals surface area contributed by atoms with Crippen molar-refractivity contribution in [1.82, 2.24) is 19.4 Å². The van der Waals surface area contributed by atoms with Crippen LogP contribution in [0.25, 0.3) is 10.9 Å². The number of carbonyl (C=O) groups is 3. The summed E-state index contributed by atoms with van der Waals surface area (Å²) in [5, 5.41) is 22.2. The minimum Gasteiger partial charge on any atom is -0.503 e. The normalized spacial score (nSPS) is 15.2. The van der Waals surface area contributed by atoms with Crippen LogP contribution in [-0.4, -0.2) is 68.2 Å². The van der Waals surface area contributed by atoms with E-state index < -0.39 is 34.3 Å². The second kappa shape index (κ2) is 11.3. The molecule has 2 aliphatic rings. The lowest BCUT2D eigenvalue weighted by atomic mass is 10.1. The van der Waals surface area contributed by atoms with Gasteiger partial charge in [0.1, 0.15) is 11.4 Å². The van der Waals surface area contributed by atoms with Gasteiger partial charge in [0.2, 0.25) is 22.7 Å². The topological polar surface area (TPSA) is 154 Å². The van der Waals surface area contributed by atoms with Crippen molar-refractivity contribution in [2.45, 2.75) is 45.2 Å². The van der Waals surface area contributed by atoms with E-state index in [1.807, 2.05) is 0 Å². The Kier molecular flexibility index (Phi) is 7.76. The lowest BCUT2D eigenvalue weighted by molar-refractivity contribution is -0.133. The summed E-state index contributed by atoms with van der Waals surface area (Å²) in [4.78, 5) is 64.7. The van der Waals surface area contributed by atoms with Crippen molar-refractivity contribution in [2.75, 3.05) is 31.1 Å². The van der Waals surface area contributed by atoms with Crippen LogP contribution in [0.4, 0.5) is 10.1 Å². The number of nitrogens with one attached hydrogen (secondary N) is 1. The number of carbonyl (C=O) groups excluding carboxylic acids is 2. The molecule has 0 bridgehead atoms. The SMILES string of the molecule is Cc1cc(=O)c(O)c(CNC(=O)CCC(=O)N2CCN(c3cc4c(cc3F)c(=O)c(C(=O)O)cn4C3CC3)CC2)n1C. The Morgan fingerprint density at radius 1 is 1.05 bits per heavy atom. The Labute approximate surface area is 239 Å². The van der Waals surface area contributed by atoms with Crippen molar-refractivity contribution in [2.24, 2.45) is 7.05 Å². The second-order valence-corrected chi connectivity index (χ2v) is 10.8. The fourth-order valence-corrected chi connectivity index (χ4v) is 5.33. The van der Waals surface area contributed by atoms with Crippen molar-refractivity contribution >= 4 is 34.4 Å². The van der Waals surface area contributed by atoms with Gasteiger partial charge in [-0.3, -0.25) is 19.2 Å². The zero-order chi connectivity index (χ0) is 30.3. The molecule has 2 amide bonds. The molecule has 1 saturated carbocycles. The maximum absolute atomic E-state index is 15.2. The average molecular weight is 582 g/mol. The molecular weight excluding hydrogens is 549 g/mol. The maximum atomic E-state index is 15.2. The molecule has 13 heteroatoms. The van der Waals surface area contributed by atoms with Crippen LogP contribution in [0.5, 0.6) is 5.75 Å². The summed E-state index contributed by atoms with van der Waals surface area (Å²) < 4.78 is 18.6. The number of piperazine rings is 1. The van der Waals surface area contributed by atoms with Crippen molar-refractivity contribution in [1.29, 1.82) is 0 Å². The third kappa shape index (κ3) is 5.58. The van der Waals surface area contributed by atoms with E-state index in [2.05, 4.69) is 5.32 Å². The van der Waals surface area contributed by atoms with Gasteiger partial charge in [-0.25, -0.2) is 9.18 Å². The molecule has 222 valence electrons. The van der Waals surface area contributed by atoms with Crippen LogP contribution in [0.15, 0.2) is 34.0 Å². The third-order valence-electron chi connectivity index (χ3n) is 8.04. The van der Waals surface area contributed by atoms with Crippen molar-refractivity contribution in [3.05, 3.63) is 67.6 Å². The summed E-state index contributed by atoms with van der Waals surface area (Å²) in [6, 6.07) is 4.05. The highest BCUT2D eigenvalue weighted by atomic mass is 19.1. The standard InChI is InChI=1S/C29H32FN5O7/c1-16-11-24(36)28(40)23(32(16)2)14-31-25(37)5-6-26(38)34-9-7-33(8-10-34)22-13-21-18(12-20(22)30)27(39)19(29(41)42)15-35(21)17-3-4-17/h11-13,15,17,40H,3-10,14H2,1-2H3,(H,31,37)(H,41,42). The lowest BCUT2D eigenvalue weighted by Crippen LogP contribution is -2.49. The highest BCUT2D eigenvalue weighted by Crippen LogP contribution is 2.38. The van der Waals surface area contributed by atoms with E-state index in [0.29, 0.717) is 37.4 Å². The van der Waals surface area contributed by atoms with E-state index in [-0.39, 0.29) is 53.7 Å². The van der Waals surface area contributed by atoms with Gasteiger partial charge < -0.3 is 34.5 Å². The molecule has 3 aromatic rings. The number of pyridine rings is 2. The minimum absolute atomic E-state index is 0.0231. The minimum atomic E-state index is -1.35. The van der Waals surface area contributed by atoms with Crippen molar-refractivity contribution in [3.8, 4) is 5.75 Å². The van der Waals surface area contributed by atoms with E-state index >= 15 is 4.39 Å². The number of amides is 2. The first-order valence-electron chi connectivity index (χ1n) is 13.8. The fraction of sp³-hybridized carbons (Fsp3) is 0.414. The van der Waals surface area contributed by atoms with Gasteiger partial charge in [0.05, 0.1) is 23.4 Å². The average Bonchev–Trinajstić information content (AvgIpc) is 3.80. The van der Waals surface area contributed by atoms with E-state index in [0.717, 1.165) is 18.9 Å². The molecular formula is C29H32FN5O7. The highest BCUT2D eigenvalue weighted by molar-refractivity contribution is 5.93. The van der Waals surface area contributed by atoms with Crippen LogP contribution < -0.4 is 21.1 Å². The molecule has 2 aromatic heterocycles. The second-order valence-electron chi connectivity index (χ2n) is 10.8. The maximum Gasteiger partial charge on any atom is 0.341 e. The Hall–Kier alpha value is -4.68. The van der Waals surface area contributed by atoms with Gasteiger partial charge >= 0.3 is 5.97 Å². The highest BCUT2D eigenvalue weighted by Gasteiger charge is 2.29. The van der Waals surface area contributed by atoms with E-state index in [1.165, 1.54) is 12.3 Å². The Balaban J connectivity index is 1.20. The van der Waals surface area contributed by atoms with Crippen LogP contribution >= 0.6 is 0 Å². The number of anilines is 1. The number of aromatic nitrogens is 2. The van der Waals surface area contributed by atoms with Crippen molar-refractivity contribution < 1.29 is 29.0 Å². The monoisotopic (exact) mass is 581 g/mol. The number of aryl methyl sites for hydroxylation is 1. The molecule has 0 unspecified atom stereocenters. The molecule has 5 rings (SSSR count).